The van der Waals surface area contributed by atoms with Gasteiger partial charge in [0.05, 0.1) is 0 Å². The molecule has 2 N–H and O–H groups in total. The summed E-state index contributed by atoms with van der Waals surface area (Å²) in [5, 5.41) is 7.12. The zero-order chi connectivity index (χ0) is 15.1. The third kappa shape index (κ3) is 4.87. The molecule has 0 radical (unpaired) electrons. The fourth-order valence-corrected chi connectivity index (χ4v) is 3.71. The van der Waals surface area contributed by atoms with E-state index in [0.29, 0.717) is 6.04 Å². The summed E-state index contributed by atoms with van der Waals surface area (Å²) in [4.78, 5) is 7.08. The molecule has 0 amide bonds. The summed E-state index contributed by atoms with van der Waals surface area (Å²) in [5.41, 5.74) is 0. The Morgan fingerprint density at radius 1 is 1.19 bits per heavy atom. The highest BCUT2D eigenvalue weighted by Gasteiger charge is 2.30. The molecule has 1 atom stereocenters. The number of hydrogen-bond donors (Lipinski definition) is 2. The average Bonchev–Trinajstić information content (AvgIpc) is 3.18. The first-order chi connectivity index (χ1) is 10.3. The zero-order valence-corrected chi connectivity index (χ0v) is 14.2. The summed E-state index contributed by atoms with van der Waals surface area (Å²) in [6, 6.07) is 1.43. The van der Waals surface area contributed by atoms with Crippen molar-refractivity contribution in [3.8, 4) is 0 Å². The highest BCUT2D eigenvalue weighted by molar-refractivity contribution is 5.80. The van der Waals surface area contributed by atoms with Crippen molar-refractivity contribution in [3.05, 3.63) is 0 Å². The van der Waals surface area contributed by atoms with Crippen LogP contribution < -0.4 is 10.6 Å². The quantitative estimate of drug-likeness (QED) is 0.584. The Balaban J connectivity index is 1.72. The molecule has 0 aromatic rings. The second kappa shape index (κ2) is 8.62. The van der Waals surface area contributed by atoms with Gasteiger partial charge in [-0.1, -0.05) is 39.5 Å². The van der Waals surface area contributed by atoms with Crippen LogP contribution in [0.25, 0.3) is 0 Å². The number of aliphatic imine (C=N–C) groups is 1. The SMILES string of the molecule is CCC(CC)CNC(=NC)NC1CCN(C2CCCC2)C1. The van der Waals surface area contributed by atoms with Gasteiger partial charge in [-0.25, -0.2) is 0 Å². The van der Waals surface area contributed by atoms with Crippen molar-refractivity contribution < 1.29 is 0 Å². The maximum atomic E-state index is 4.39. The van der Waals surface area contributed by atoms with Crippen LogP contribution in [0.15, 0.2) is 4.99 Å². The van der Waals surface area contributed by atoms with Crippen molar-refractivity contribution >= 4 is 5.96 Å². The highest BCUT2D eigenvalue weighted by atomic mass is 15.3. The number of guanidine groups is 1. The van der Waals surface area contributed by atoms with Crippen LogP contribution in [-0.4, -0.2) is 49.6 Å². The molecule has 0 bridgehead atoms. The van der Waals surface area contributed by atoms with E-state index in [1.54, 1.807) is 0 Å². The van der Waals surface area contributed by atoms with Gasteiger partial charge in [0.15, 0.2) is 5.96 Å². The first-order valence-electron chi connectivity index (χ1n) is 8.98. The average molecular weight is 294 g/mol. The van der Waals surface area contributed by atoms with Gasteiger partial charge in [-0.2, -0.15) is 0 Å². The Labute approximate surface area is 130 Å². The number of nitrogens with one attached hydrogen (secondary N) is 2. The molecule has 21 heavy (non-hydrogen) atoms. The van der Waals surface area contributed by atoms with Crippen molar-refractivity contribution in [1.29, 1.82) is 0 Å². The van der Waals surface area contributed by atoms with Crippen LogP contribution in [0.2, 0.25) is 0 Å². The maximum Gasteiger partial charge on any atom is 0.191 e. The third-order valence-corrected chi connectivity index (χ3v) is 5.34. The van der Waals surface area contributed by atoms with Crippen LogP contribution in [0, 0.1) is 5.92 Å². The number of nitrogens with zero attached hydrogens (tertiary/aromatic N) is 2. The van der Waals surface area contributed by atoms with Crippen molar-refractivity contribution in [3.63, 3.8) is 0 Å². The predicted molar refractivity (Wildman–Crippen MR) is 90.8 cm³/mol. The van der Waals surface area contributed by atoms with Gasteiger partial charge in [0.1, 0.15) is 0 Å². The summed E-state index contributed by atoms with van der Waals surface area (Å²) in [6.07, 6.45) is 9.40. The molecule has 2 fully saturated rings. The van der Waals surface area contributed by atoms with Gasteiger partial charge >= 0.3 is 0 Å². The molecule has 2 rings (SSSR count). The second-order valence-corrected chi connectivity index (χ2v) is 6.70. The summed E-state index contributed by atoms with van der Waals surface area (Å²) < 4.78 is 0. The first-order valence-corrected chi connectivity index (χ1v) is 8.98. The minimum Gasteiger partial charge on any atom is -0.356 e. The summed E-state index contributed by atoms with van der Waals surface area (Å²) >= 11 is 0. The molecule has 4 heteroatoms. The third-order valence-electron chi connectivity index (χ3n) is 5.34. The van der Waals surface area contributed by atoms with Gasteiger partial charge in [-0.15, -0.1) is 0 Å². The molecule has 0 aromatic carbocycles. The smallest absolute Gasteiger partial charge is 0.191 e. The topological polar surface area (TPSA) is 39.7 Å². The van der Waals surface area contributed by atoms with Gasteiger partial charge < -0.3 is 10.6 Å². The predicted octanol–water partition coefficient (Wildman–Crippen LogP) is 2.60. The van der Waals surface area contributed by atoms with Crippen molar-refractivity contribution in [2.75, 3.05) is 26.7 Å². The molecular weight excluding hydrogens is 260 g/mol. The fraction of sp³-hybridized carbons (Fsp3) is 0.941. The van der Waals surface area contributed by atoms with Crippen LogP contribution in [0.3, 0.4) is 0 Å². The zero-order valence-electron chi connectivity index (χ0n) is 14.2. The number of likely N-dealkylation sites (tertiary alicyclic amines) is 1. The van der Waals surface area contributed by atoms with E-state index >= 15 is 0 Å². The Morgan fingerprint density at radius 3 is 2.52 bits per heavy atom. The van der Waals surface area contributed by atoms with Gasteiger partial charge in [0.25, 0.3) is 0 Å². The fourth-order valence-electron chi connectivity index (χ4n) is 3.71. The van der Waals surface area contributed by atoms with Gasteiger partial charge in [-0.3, -0.25) is 9.89 Å². The Kier molecular flexibility index (Phi) is 6.81. The van der Waals surface area contributed by atoms with Crippen molar-refractivity contribution in [2.24, 2.45) is 10.9 Å². The molecule has 1 aliphatic carbocycles. The van der Waals surface area contributed by atoms with Crippen LogP contribution in [0.5, 0.6) is 0 Å². The normalized spacial score (nSPS) is 25.0. The lowest BCUT2D eigenvalue weighted by atomic mass is 10.0. The van der Waals surface area contributed by atoms with E-state index in [0.717, 1.165) is 24.5 Å². The minimum absolute atomic E-state index is 0.568. The monoisotopic (exact) mass is 294 g/mol. The molecule has 0 aromatic heterocycles. The van der Waals surface area contributed by atoms with E-state index in [1.165, 1.54) is 58.0 Å². The summed E-state index contributed by atoms with van der Waals surface area (Å²) in [5.74, 6) is 1.74. The lowest BCUT2D eigenvalue weighted by Gasteiger charge is -2.24. The second-order valence-electron chi connectivity index (χ2n) is 6.70. The van der Waals surface area contributed by atoms with Crippen LogP contribution in [-0.2, 0) is 0 Å². The first kappa shape index (κ1) is 16.6. The Bertz CT molecular complexity index is 319. The van der Waals surface area contributed by atoms with Crippen molar-refractivity contribution in [1.82, 2.24) is 15.5 Å². The molecular formula is C17H34N4. The molecule has 2 aliphatic rings. The van der Waals surface area contributed by atoms with E-state index in [9.17, 15) is 0 Å². The van der Waals surface area contributed by atoms with Gasteiger partial charge in [0, 0.05) is 38.8 Å². The lowest BCUT2D eigenvalue weighted by molar-refractivity contribution is 0.242. The van der Waals surface area contributed by atoms with Crippen LogP contribution in [0.4, 0.5) is 0 Å². The van der Waals surface area contributed by atoms with Crippen LogP contribution in [0.1, 0.15) is 58.8 Å². The summed E-state index contributed by atoms with van der Waals surface area (Å²) in [6.45, 7) is 8.01. The molecule has 1 unspecified atom stereocenters. The highest BCUT2D eigenvalue weighted by Crippen LogP contribution is 2.26. The molecule has 1 saturated carbocycles. The standard InChI is InChI=1S/C17H34N4/c1-4-14(5-2)12-19-17(18-3)20-15-10-11-21(13-15)16-8-6-7-9-16/h14-16H,4-13H2,1-3H3,(H2,18,19,20). The maximum absolute atomic E-state index is 4.39. The summed E-state index contributed by atoms with van der Waals surface area (Å²) in [7, 11) is 1.88. The molecule has 0 spiro atoms. The van der Waals surface area contributed by atoms with Gasteiger partial charge in [0.2, 0.25) is 0 Å². The van der Waals surface area contributed by atoms with Gasteiger partial charge in [-0.05, 0) is 25.2 Å². The molecule has 122 valence electrons. The van der Waals surface area contributed by atoms with E-state index in [4.69, 9.17) is 0 Å². The Morgan fingerprint density at radius 2 is 1.90 bits per heavy atom. The minimum atomic E-state index is 0.568. The number of hydrogen-bond acceptors (Lipinski definition) is 2. The van der Waals surface area contributed by atoms with Crippen molar-refractivity contribution in [2.45, 2.75) is 70.9 Å². The van der Waals surface area contributed by atoms with E-state index in [2.05, 4.69) is 34.4 Å². The molecule has 1 heterocycles. The molecule has 1 saturated heterocycles. The van der Waals surface area contributed by atoms with E-state index in [1.807, 2.05) is 7.05 Å². The van der Waals surface area contributed by atoms with Crippen LogP contribution >= 0.6 is 0 Å². The Hall–Kier alpha value is -0.770. The van der Waals surface area contributed by atoms with E-state index < -0.39 is 0 Å². The number of rotatable bonds is 6. The molecule has 1 aliphatic heterocycles. The van der Waals surface area contributed by atoms with E-state index in [-0.39, 0.29) is 0 Å². The largest absolute Gasteiger partial charge is 0.356 e. The lowest BCUT2D eigenvalue weighted by Crippen LogP contribution is -2.46. The molecule has 4 nitrogen and oxygen atoms in total.